The monoisotopic (exact) mass is 355 g/mol. The quantitative estimate of drug-likeness (QED) is 0.706. The Morgan fingerprint density at radius 2 is 1.68 bits per heavy atom. The first-order chi connectivity index (χ1) is 12.1. The molecule has 25 heavy (non-hydrogen) atoms. The molecule has 4 heteroatoms. The number of thiocarbonyl (C=S) groups is 1. The van der Waals surface area contributed by atoms with E-state index in [1.807, 2.05) is 0 Å². The second kappa shape index (κ2) is 9.54. The molecule has 2 aromatic carbocycles. The van der Waals surface area contributed by atoms with E-state index in [0.717, 1.165) is 25.3 Å². The lowest BCUT2D eigenvalue weighted by Gasteiger charge is -2.30. The van der Waals surface area contributed by atoms with E-state index < -0.39 is 0 Å². The molecular formula is C21H29N3S. The maximum atomic E-state index is 5.53. The molecule has 0 bridgehead atoms. The van der Waals surface area contributed by atoms with Gasteiger partial charge in [0.1, 0.15) is 0 Å². The summed E-state index contributed by atoms with van der Waals surface area (Å²) in [6.07, 6.45) is 0. The van der Waals surface area contributed by atoms with Crippen LogP contribution in [0.25, 0.3) is 0 Å². The van der Waals surface area contributed by atoms with Gasteiger partial charge in [-0.05, 0) is 61.9 Å². The summed E-state index contributed by atoms with van der Waals surface area (Å²) in [6, 6.07) is 17.2. The summed E-state index contributed by atoms with van der Waals surface area (Å²) in [7, 11) is 0. The van der Waals surface area contributed by atoms with Crippen LogP contribution in [0.2, 0.25) is 0 Å². The highest BCUT2D eigenvalue weighted by Crippen LogP contribution is 2.20. The number of anilines is 1. The van der Waals surface area contributed by atoms with Crippen molar-refractivity contribution in [3.63, 3.8) is 0 Å². The zero-order valence-electron chi connectivity index (χ0n) is 15.7. The van der Waals surface area contributed by atoms with E-state index >= 15 is 0 Å². The minimum atomic E-state index is 0.301. The van der Waals surface area contributed by atoms with Crippen molar-refractivity contribution < 1.29 is 0 Å². The van der Waals surface area contributed by atoms with E-state index in [9.17, 15) is 0 Å². The molecule has 2 aromatic rings. The molecule has 2 N–H and O–H groups in total. The van der Waals surface area contributed by atoms with Crippen molar-refractivity contribution in [1.29, 1.82) is 0 Å². The molecule has 0 aromatic heterocycles. The van der Waals surface area contributed by atoms with Gasteiger partial charge in [0.05, 0.1) is 6.04 Å². The largest absolute Gasteiger partial charge is 0.361 e. The Bertz CT molecular complexity index is 681. The average Bonchev–Trinajstić information content (AvgIpc) is 2.63. The lowest BCUT2D eigenvalue weighted by Crippen LogP contribution is -2.39. The van der Waals surface area contributed by atoms with Gasteiger partial charge in [0.15, 0.2) is 5.11 Å². The fourth-order valence-electron chi connectivity index (χ4n) is 3.04. The Hall–Kier alpha value is -1.91. The lowest BCUT2D eigenvalue weighted by molar-refractivity contribution is 0.219. The maximum Gasteiger partial charge on any atom is 0.170 e. The van der Waals surface area contributed by atoms with Crippen molar-refractivity contribution in [2.45, 2.75) is 33.7 Å². The van der Waals surface area contributed by atoms with Crippen LogP contribution in [-0.4, -0.2) is 29.6 Å². The summed E-state index contributed by atoms with van der Waals surface area (Å²) < 4.78 is 0. The minimum absolute atomic E-state index is 0.301. The summed E-state index contributed by atoms with van der Waals surface area (Å²) in [5.74, 6) is 0. The highest BCUT2D eigenvalue weighted by molar-refractivity contribution is 7.80. The third-order valence-electron chi connectivity index (χ3n) is 4.75. The maximum absolute atomic E-state index is 5.53. The van der Waals surface area contributed by atoms with Gasteiger partial charge < -0.3 is 10.6 Å². The fraction of sp³-hybridized carbons (Fsp3) is 0.381. The molecule has 0 unspecified atom stereocenters. The van der Waals surface area contributed by atoms with Crippen LogP contribution in [-0.2, 0) is 0 Å². The summed E-state index contributed by atoms with van der Waals surface area (Å²) in [6.45, 7) is 11.4. The van der Waals surface area contributed by atoms with Crippen molar-refractivity contribution >= 4 is 23.0 Å². The molecule has 0 aliphatic heterocycles. The minimum Gasteiger partial charge on any atom is -0.361 e. The van der Waals surface area contributed by atoms with Crippen molar-refractivity contribution in [3.8, 4) is 0 Å². The van der Waals surface area contributed by atoms with Crippen LogP contribution in [0.3, 0.4) is 0 Å². The molecule has 0 amide bonds. The van der Waals surface area contributed by atoms with Gasteiger partial charge in [-0.1, -0.05) is 56.3 Å². The first kappa shape index (κ1) is 19.4. The smallest absolute Gasteiger partial charge is 0.170 e. The van der Waals surface area contributed by atoms with Gasteiger partial charge in [-0.2, -0.15) is 0 Å². The summed E-state index contributed by atoms with van der Waals surface area (Å²) in [4.78, 5) is 2.45. The van der Waals surface area contributed by atoms with Gasteiger partial charge >= 0.3 is 0 Å². The second-order valence-corrected chi connectivity index (χ2v) is 6.64. The van der Waals surface area contributed by atoms with E-state index in [1.54, 1.807) is 0 Å². The van der Waals surface area contributed by atoms with Crippen molar-refractivity contribution in [3.05, 3.63) is 65.2 Å². The predicted octanol–water partition coefficient (Wildman–Crippen LogP) is 4.67. The van der Waals surface area contributed by atoms with Crippen LogP contribution in [0.5, 0.6) is 0 Å². The van der Waals surface area contributed by atoms with Gasteiger partial charge in [-0.25, -0.2) is 0 Å². The molecule has 0 fully saturated rings. The first-order valence-corrected chi connectivity index (χ1v) is 9.37. The van der Waals surface area contributed by atoms with Gasteiger partial charge in [-0.3, -0.25) is 4.90 Å². The Labute approximate surface area is 157 Å². The molecular weight excluding hydrogens is 326 g/mol. The SMILES string of the molecule is CCN(CC)[C@H](CNC(=S)Nc1cccc(C)c1C)c1ccccc1. The number of likely N-dealkylation sites (N-methyl/N-ethyl adjacent to an activating group) is 1. The number of benzene rings is 2. The number of hydrogen-bond acceptors (Lipinski definition) is 2. The summed E-state index contributed by atoms with van der Waals surface area (Å²) >= 11 is 5.53. The second-order valence-electron chi connectivity index (χ2n) is 6.23. The molecule has 0 saturated heterocycles. The van der Waals surface area contributed by atoms with Gasteiger partial charge in [0, 0.05) is 12.2 Å². The van der Waals surface area contributed by atoms with E-state index in [1.165, 1.54) is 16.7 Å². The molecule has 0 aliphatic rings. The molecule has 0 heterocycles. The Balaban J connectivity index is 2.04. The molecule has 0 aliphatic carbocycles. The first-order valence-electron chi connectivity index (χ1n) is 8.96. The van der Waals surface area contributed by atoms with Gasteiger partial charge in [-0.15, -0.1) is 0 Å². The Morgan fingerprint density at radius 1 is 1.00 bits per heavy atom. The van der Waals surface area contributed by atoms with E-state index in [4.69, 9.17) is 12.2 Å². The van der Waals surface area contributed by atoms with Crippen molar-refractivity contribution in [1.82, 2.24) is 10.2 Å². The van der Waals surface area contributed by atoms with Gasteiger partial charge in [0.2, 0.25) is 0 Å². The van der Waals surface area contributed by atoms with Gasteiger partial charge in [0.25, 0.3) is 0 Å². The predicted molar refractivity (Wildman–Crippen MR) is 112 cm³/mol. The summed E-state index contributed by atoms with van der Waals surface area (Å²) in [5.41, 5.74) is 4.87. The molecule has 134 valence electrons. The van der Waals surface area contributed by atoms with E-state index in [0.29, 0.717) is 11.2 Å². The Kier molecular flexibility index (Phi) is 7.41. The van der Waals surface area contributed by atoms with E-state index in [2.05, 4.69) is 91.8 Å². The number of nitrogens with zero attached hydrogens (tertiary/aromatic N) is 1. The molecule has 0 spiro atoms. The fourth-order valence-corrected chi connectivity index (χ4v) is 3.23. The number of hydrogen-bond donors (Lipinski definition) is 2. The lowest BCUT2D eigenvalue weighted by atomic mass is 10.1. The zero-order valence-corrected chi connectivity index (χ0v) is 16.5. The topological polar surface area (TPSA) is 27.3 Å². The normalized spacial score (nSPS) is 12.0. The number of aryl methyl sites for hydroxylation is 1. The molecule has 2 rings (SSSR count). The highest BCUT2D eigenvalue weighted by atomic mass is 32.1. The number of rotatable bonds is 7. The van der Waals surface area contributed by atoms with Crippen molar-refractivity contribution in [2.75, 3.05) is 25.0 Å². The van der Waals surface area contributed by atoms with Crippen LogP contribution in [0.1, 0.15) is 36.6 Å². The van der Waals surface area contributed by atoms with Crippen LogP contribution >= 0.6 is 12.2 Å². The molecule has 3 nitrogen and oxygen atoms in total. The highest BCUT2D eigenvalue weighted by Gasteiger charge is 2.18. The van der Waals surface area contributed by atoms with Crippen molar-refractivity contribution in [2.24, 2.45) is 0 Å². The van der Waals surface area contributed by atoms with Crippen LogP contribution in [0.15, 0.2) is 48.5 Å². The third-order valence-corrected chi connectivity index (χ3v) is 4.99. The number of nitrogens with one attached hydrogen (secondary N) is 2. The zero-order chi connectivity index (χ0) is 18.2. The summed E-state index contributed by atoms with van der Waals surface area (Å²) in [5, 5.41) is 7.41. The van der Waals surface area contributed by atoms with Crippen LogP contribution < -0.4 is 10.6 Å². The molecule has 0 radical (unpaired) electrons. The standard InChI is InChI=1S/C21H29N3S/c1-5-24(6-2)20(18-12-8-7-9-13-18)15-22-21(25)23-19-14-10-11-16(3)17(19)4/h7-14,20H,5-6,15H2,1-4H3,(H2,22,23,25)/t20-/m1/s1. The van der Waals surface area contributed by atoms with Crippen LogP contribution in [0.4, 0.5) is 5.69 Å². The van der Waals surface area contributed by atoms with E-state index in [-0.39, 0.29) is 0 Å². The third kappa shape index (κ3) is 5.28. The molecule has 0 saturated carbocycles. The average molecular weight is 356 g/mol. The Morgan fingerprint density at radius 3 is 2.32 bits per heavy atom. The molecule has 1 atom stereocenters. The van der Waals surface area contributed by atoms with Crippen LogP contribution in [0, 0.1) is 13.8 Å².